The molecular formula is C20H40N4OS. The van der Waals surface area contributed by atoms with Crippen molar-refractivity contribution in [2.24, 2.45) is 4.99 Å². The van der Waals surface area contributed by atoms with Gasteiger partial charge in [0.15, 0.2) is 5.96 Å². The number of rotatable bonds is 7. The molecule has 2 N–H and O–H groups in total. The quantitative estimate of drug-likeness (QED) is 0.523. The smallest absolute Gasteiger partial charge is 0.191 e. The predicted octanol–water partition coefficient (Wildman–Crippen LogP) is 2.89. The van der Waals surface area contributed by atoms with Crippen LogP contribution in [0.2, 0.25) is 0 Å². The highest BCUT2D eigenvalue weighted by Crippen LogP contribution is 2.23. The highest BCUT2D eigenvalue weighted by molar-refractivity contribution is 7.85. The molecule has 0 bridgehead atoms. The molecule has 0 aromatic heterocycles. The Morgan fingerprint density at radius 1 is 1.15 bits per heavy atom. The summed E-state index contributed by atoms with van der Waals surface area (Å²) < 4.78 is 12.2. The SMILES string of the molecule is CCNC(=NCC(C)(C)N1CCCCC1)NC1CCCC(S(=O)CC)C1. The minimum atomic E-state index is -0.681. The van der Waals surface area contributed by atoms with Crippen LogP contribution >= 0.6 is 0 Å². The van der Waals surface area contributed by atoms with Crippen LogP contribution in [0.1, 0.15) is 72.6 Å². The zero-order chi connectivity index (χ0) is 19.0. The van der Waals surface area contributed by atoms with Crippen molar-refractivity contribution < 1.29 is 4.21 Å². The van der Waals surface area contributed by atoms with Gasteiger partial charge < -0.3 is 10.6 Å². The zero-order valence-electron chi connectivity index (χ0n) is 17.4. The molecule has 0 amide bonds. The molecule has 3 atom stereocenters. The molecule has 2 fully saturated rings. The van der Waals surface area contributed by atoms with Crippen molar-refractivity contribution in [2.75, 3.05) is 31.9 Å². The van der Waals surface area contributed by atoms with E-state index in [4.69, 9.17) is 4.99 Å². The Kier molecular flexibility index (Phi) is 8.88. The van der Waals surface area contributed by atoms with Crippen LogP contribution in [0.5, 0.6) is 0 Å². The van der Waals surface area contributed by atoms with Gasteiger partial charge in [0.05, 0.1) is 6.54 Å². The third-order valence-corrected chi connectivity index (χ3v) is 7.54. The van der Waals surface area contributed by atoms with Gasteiger partial charge in [-0.3, -0.25) is 14.1 Å². The van der Waals surface area contributed by atoms with Crippen molar-refractivity contribution in [3.8, 4) is 0 Å². The zero-order valence-corrected chi connectivity index (χ0v) is 18.2. The number of piperidine rings is 1. The van der Waals surface area contributed by atoms with Gasteiger partial charge in [0.25, 0.3) is 0 Å². The lowest BCUT2D eigenvalue weighted by Crippen LogP contribution is -2.50. The van der Waals surface area contributed by atoms with Crippen molar-refractivity contribution >= 4 is 16.8 Å². The lowest BCUT2D eigenvalue weighted by atomic mass is 9.95. The van der Waals surface area contributed by atoms with E-state index in [-0.39, 0.29) is 5.54 Å². The van der Waals surface area contributed by atoms with Gasteiger partial charge in [0.1, 0.15) is 0 Å². The average molecular weight is 385 g/mol. The van der Waals surface area contributed by atoms with Gasteiger partial charge in [-0.2, -0.15) is 0 Å². The van der Waals surface area contributed by atoms with E-state index in [9.17, 15) is 4.21 Å². The maximum Gasteiger partial charge on any atom is 0.191 e. The van der Waals surface area contributed by atoms with Gasteiger partial charge in [0, 0.05) is 39.9 Å². The summed E-state index contributed by atoms with van der Waals surface area (Å²) in [4.78, 5) is 7.51. The average Bonchev–Trinajstić information content (AvgIpc) is 2.66. The predicted molar refractivity (Wildman–Crippen MR) is 113 cm³/mol. The molecule has 152 valence electrons. The third-order valence-electron chi connectivity index (χ3n) is 5.80. The summed E-state index contributed by atoms with van der Waals surface area (Å²) in [5.74, 6) is 1.70. The van der Waals surface area contributed by atoms with Gasteiger partial charge >= 0.3 is 0 Å². The highest BCUT2D eigenvalue weighted by atomic mass is 32.2. The monoisotopic (exact) mass is 384 g/mol. The Balaban J connectivity index is 1.94. The summed E-state index contributed by atoms with van der Waals surface area (Å²) in [5.41, 5.74) is 0.0988. The summed E-state index contributed by atoms with van der Waals surface area (Å²) in [6.07, 6.45) is 8.40. The van der Waals surface area contributed by atoms with E-state index in [0.717, 1.165) is 50.5 Å². The molecule has 3 unspecified atom stereocenters. The molecule has 2 rings (SSSR count). The molecule has 5 nitrogen and oxygen atoms in total. The number of hydrogen-bond donors (Lipinski definition) is 2. The number of nitrogens with one attached hydrogen (secondary N) is 2. The number of aliphatic imine (C=N–C) groups is 1. The first-order chi connectivity index (χ1) is 12.5. The second-order valence-corrected chi connectivity index (χ2v) is 10.4. The first-order valence-electron chi connectivity index (χ1n) is 10.6. The molecular weight excluding hydrogens is 344 g/mol. The molecule has 1 heterocycles. The van der Waals surface area contributed by atoms with Crippen LogP contribution in [0.3, 0.4) is 0 Å². The number of hydrogen-bond acceptors (Lipinski definition) is 3. The Bertz CT molecular complexity index is 474. The lowest BCUT2D eigenvalue weighted by Gasteiger charge is -2.40. The first kappa shape index (κ1) is 21.7. The summed E-state index contributed by atoms with van der Waals surface area (Å²) in [7, 11) is -0.681. The van der Waals surface area contributed by atoms with Crippen LogP contribution in [0, 0.1) is 0 Å². The van der Waals surface area contributed by atoms with Crippen molar-refractivity contribution in [3.05, 3.63) is 0 Å². The van der Waals surface area contributed by atoms with Crippen molar-refractivity contribution in [1.29, 1.82) is 0 Å². The summed E-state index contributed by atoms with van der Waals surface area (Å²) in [6.45, 7) is 12.8. The van der Waals surface area contributed by atoms with Gasteiger partial charge in [-0.15, -0.1) is 0 Å². The standard InChI is InChI=1S/C20H40N4OS/c1-5-21-19(22-16-20(3,4)24-13-8-7-9-14-24)23-17-11-10-12-18(15-17)26(25)6-2/h17-18H,5-16H2,1-4H3,(H2,21,22,23). The van der Waals surface area contributed by atoms with Crippen LogP contribution in [-0.2, 0) is 10.8 Å². The number of guanidine groups is 1. The van der Waals surface area contributed by atoms with E-state index in [0.29, 0.717) is 11.3 Å². The minimum Gasteiger partial charge on any atom is -0.357 e. The molecule has 6 heteroatoms. The van der Waals surface area contributed by atoms with E-state index in [1.54, 1.807) is 0 Å². The third kappa shape index (κ3) is 6.52. The molecule has 26 heavy (non-hydrogen) atoms. The van der Waals surface area contributed by atoms with E-state index in [1.807, 2.05) is 6.92 Å². The molecule has 1 aliphatic heterocycles. The Labute approximate surface area is 163 Å². The van der Waals surface area contributed by atoms with Crippen molar-refractivity contribution in [2.45, 2.75) is 89.5 Å². The van der Waals surface area contributed by atoms with Gasteiger partial charge in [-0.1, -0.05) is 19.8 Å². The van der Waals surface area contributed by atoms with Crippen molar-refractivity contribution in [1.82, 2.24) is 15.5 Å². The van der Waals surface area contributed by atoms with Crippen LogP contribution < -0.4 is 10.6 Å². The number of likely N-dealkylation sites (tertiary alicyclic amines) is 1. The topological polar surface area (TPSA) is 56.7 Å². The minimum absolute atomic E-state index is 0.0988. The molecule has 1 saturated heterocycles. The maximum atomic E-state index is 12.2. The molecule has 2 aliphatic rings. The molecule has 1 saturated carbocycles. The Morgan fingerprint density at radius 2 is 1.88 bits per heavy atom. The van der Waals surface area contributed by atoms with Crippen molar-refractivity contribution in [3.63, 3.8) is 0 Å². The maximum absolute atomic E-state index is 12.2. The summed E-state index contributed by atoms with van der Waals surface area (Å²) >= 11 is 0. The van der Waals surface area contributed by atoms with Crippen LogP contribution in [-0.4, -0.2) is 63.8 Å². The number of nitrogens with zero attached hydrogens (tertiary/aromatic N) is 2. The molecule has 0 aromatic carbocycles. The van der Waals surface area contributed by atoms with Gasteiger partial charge in [-0.25, -0.2) is 0 Å². The van der Waals surface area contributed by atoms with E-state index in [2.05, 4.69) is 36.3 Å². The van der Waals surface area contributed by atoms with Crippen LogP contribution in [0.25, 0.3) is 0 Å². The molecule has 0 radical (unpaired) electrons. The van der Waals surface area contributed by atoms with Crippen LogP contribution in [0.4, 0.5) is 0 Å². The lowest BCUT2D eigenvalue weighted by molar-refractivity contribution is 0.102. The normalized spacial score (nSPS) is 27.2. The first-order valence-corrected chi connectivity index (χ1v) is 12.0. The molecule has 0 spiro atoms. The fraction of sp³-hybridized carbons (Fsp3) is 0.950. The second kappa shape index (κ2) is 10.6. The fourth-order valence-corrected chi connectivity index (χ4v) is 5.48. The van der Waals surface area contributed by atoms with Crippen LogP contribution in [0.15, 0.2) is 4.99 Å². The Hall–Kier alpha value is -0.620. The second-order valence-electron chi connectivity index (χ2n) is 8.35. The van der Waals surface area contributed by atoms with E-state index >= 15 is 0 Å². The van der Waals surface area contributed by atoms with E-state index in [1.165, 1.54) is 32.4 Å². The molecule has 0 aromatic rings. The molecule has 1 aliphatic carbocycles. The Morgan fingerprint density at radius 3 is 2.54 bits per heavy atom. The largest absolute Gasteiger partial charge is 0.357 e. The summed E-state index contributed by atoms with van der Waals surface area (Å²) in [5, 5.41) is 7.38. The van der Waals surface area contributed by atoms with E-state index < -0.39 is 10.8 Å². The highest BCUT2D eigenvalue weighted by Gasteiger charge is 2.29. The van der Waals surface area contributed by atoms with Gasteiger partial charge in [-0.05, 0) is 66.0 Å². The summed E-state index contributed by atoms with van der Waals surface area (Å²) in [6, 6.07) is 0.389. The fourth-order valence-electron chi connectivity index (χ4n) is 4.14. The van der Waals surface area contributed by atoms with Gasteiger partial charge in [0.2, 0.25) is 0 Å².